The SMILES string of the molecule is COc1ccc(-c2csc3ncnc(N4CCCN(C)CC4)c23)cc1. The van der Waals surface area contributed by atoms with Gasteiger partial charge in [0.1, 0.15) is 22.7 Å². The number of aromatic nitrogens is 2. The molecule has 1 fully saturated rings. The highest BCUT2D eigenvalue weighted by Crippen LogP contribution is 2.38. The van der Waals surface area contributed by atoms with Gasteiger partial charge < -0.3 is 14.5 Å². The number of nitrogens with zero attached hydrogens (tertiary/aromatic N) is 4. The summed E-state index contributed by atoms with van der Waals surface area (Å²) in [6, 6.07) is 8.22. The molecular formula is C19H22N4OS. The molecule has 3 heterocycles. The van der Waals surface area contributed by atoms with Gasteiger partial charge in [-0.25, -0.2) is 9.97 Å². The van der Waals surface area contributed by atoms with Crippen LogP contribution in [0.15, 0.2) is 36.0 Å². The first-order chi connectivity index (χ1) is 12.3. The molecule has 130 valence electrons. The van der Waals surface area contributed by atoms with Crippen molar-refractivity contribution in [3.63, 3.8) is 0 Å². The van der Waals surface area contributed by atoms with Crippen LogP contribution in [0, 0.1) is 0 Å². The maximum absolute atomic E-state index is 5.28. The molecular weight excluding hydrogens is 332 g/mol. The molecule has 3 aromatic rings. The minimum absolute atomic E-state index is 0.871. The number of hydrogen-bond acceptors (Lipinski definition) is 6. The molecule has 0 bridgehead atoms. The first-order valence-corrected chi connectivity index (χ1v) is 9.44. The average Bonchev–Trinajstić information content (AvgIpc) is 2.97. The Hall–Kier alpha value is -2.18. The molecule has 5 nitrogen and oxygen atoms in total. The van der Waals surface area contributed by atoms with Crippen LogP contribution in [0.5, 0.6) is 5.75 Å². The quantitative estimate of drug-likeness (QED) is 0.720. The second-order valence-corrected chi connectivity index (χ2v) is 7.26. The van der Waals surface area contributed by atoms with Crippen molar-refractivity contribution in [3.8, 4) is 16.9 Å². The molecule has 1 aromatic carbocycles. The van der Waals surface area contributed by atoms with Crippen LogP contribution in [-0.4, -0.2) is 55.2 Å². The zero-order valence-electron chi connectivity index (χ0n) is 14.6. The Balaban J connectivity index is 1.78. The van der Waals surface area contributed by atoms with Gasteiger partial charge in [0.15, 0.2) is 0 Å². The molecule has 25 heavy (non-hydrogen) atoms. The van der Waals surface area contributed by atoms with Gasteiger partial charge in [-0.15, -0.1) is 11.3 Å². The second-order valence-electron chi connectivity index (χ2n) is 6.40. The smallest absolute Gasteiger partial charge is 0.141 e. The number of thiophene rings is 1. The van der Waals surface area contributed by atoms with E-state index in [2.05, 4.69) is 44.3 Å². The largest absolute Gasteiger partial charge is 0.497 e. The summed E-state index contributed by atoms with van der Waals surface area (Å²) >= 11 is 1.68. The summed E-state index contributed by atoms with van der Waals surface area (Å²) in [5, 5.41) is 3.36. The van der Waals surface area contributed by atoms with Crippen LogP contribution in [0.3, 0.4) is 0 Å². The Kier molecular flexibility index (Phi) is 4.55. The highest BCUT2D eigenvalue weighted by Gasteiger charge is 2.20. The van der Waals surface area contributed by atoms with Crippen molar-refractivity contribution in [3.05, 3.63) is 36.0 Å². The first-order valence-electron chi connectivity index (χ1n) is 8.56. The number of benzene rings is 1. The lowest BCUT2D eigenvalue weighted by Crippen LogP contribution is -2.29. The van der Waals surface area contributed by atoms with Gasteiger partial charge in [0.25, 0.3) is 0 Å². The van der Waals surface area contributed by atoms with Crippen molar-refractivity contribution >= 4 is 27.4 Å². The average molecular weight is 354 g/mol. The van der Waals surface area contributed by atoms with Crippen molar-refractivity contribution in [2.24, 2.45) is 0 Å². The molecule has 0 aliphatic carbocycles. The third kappa shape index (κ3) is 3.19. The highest BCUT2D eigenvalue weighted by molar-refractivity contribution is 7.17. The number of ether oxygens (including phenoxy) is 1. The summed E-state index contributed by atoms with van der Waals surface area (Å²) in [7, 11) is 3.88. The Morgan fingerprint density at radius 2 is 1.88 bits per heavy atom. The highest BCUT2D eigenvalue weighted by atomic mass is 32.1. The van der Waals surface area contributed by atoms with E-state index in [1.807, 2.05) is 12.1 Å². The third-order valence-corrected chi connectivity index (χ3v) is 5.66. The summed E-state index contributed by atoms with van der Waals surface area (Å²) in [4.78, 5) is 15.0. The number of methoxy groups -OCH3 is 1. The monoisotopic (exact) mass is 354 g/mol. The van der Waals surface area contributed by atoms with Crippen LogP contribution >= 0.6 is 11.3 Å². The second kappa shape index (κ2) is 6.98. The summed E-state index contributed by atoms with van der Waals surface area (Å²) in [6.45, 7) is 4.24. The van der Waals surface area contributed by atoms with E-state index in [4.69, 9.17) is 4.74 Å². The van der Waals surface area contributed by atoms with Crippen molar-refractivity contribution in [1.82, 2.24) is 14.9 Å². The number of fused-ring (bicyclic) bond motifs is 1. The van der Waals surface area contributed by atoms with E-state index in [1.165, 1.54) is 16.5 Å². The van der Waals surface area contributed by atoms with Gasteiger partial charge >= 0.3 is 0 Å². The van der Waals surface area contributed by atoms with E-state index in [1.54, 1.807) is 24.8 Å². The van der Waals surface area contributed by atoms with Crippen LogP contribution < -0.4 is 9.64 Å². The first kappa shape index (κ1) is 16.3. The zero-order valence-corrected chi connectivity index (χ0v) is 15.4. The molecule has 0 unspecified atom stereocenters. The summed E-state index contributed by atoms with van der Waals surface area (Å²) < 4.78 is 5.28. The van der Waals surface area contributed by atoms with E-state index in [-0.39, 0.29) is 0 Å². The van der Waals surface area contributed by atoms with Gasteiger partial charge in [0.2, 0.25) is 0 Å². The van der Waals surface area contributed by atoms with Gasteiger partial charge in [-0.2, -0.15) is 0 Å². The lowest BCUT2D eigenvalue weighted by molar-refractivity contribution is 0.360. The molecule has 0 radical (unpaired) electrons. The molecule has 0 N–H and O–H groups in total. The molecule has 1 aliphatic rings. The van der Waals surface area contributed by atoms with E-state index < -0.39 is 0 Å². The molecule has 0 amide bonds. The molecule has 2 aromatic heterocycles. The number of anilines is 1. The third-order valence-electron chi connectivity index (χ3n) is 4.77. The Morgan fingerprint density at radius 1 is 1.04 bits per heavy atom. The van der Waals surface area contributed by atoms with Crippen molar-refractivity contribution in [2.75, 3.05) is 45.2 Å². The maximum Gasteiger partial charge on any atom is 0.141 e. The topological polar surface area (TPSA) is 41.5 Å². The van der Waals surface area contributed by atoms with E-state index in [9.17, 15) is 0 Å². The van der Waals surface area contributed by atoms with Crippen LogP contribution in [0.2, 0.25) is 0 Å². The zero-order chi connectivity index (χ0) is 17.2. The Morgan fingerprint density at radius 3 is 2.68 bits per heavy atom. The maximum atomic E-state index is 5.28. The number of rotatable bonds is 3. The Bertz CT molecular complexity index is 861. The summed E-state index contributed by atoms with van der Waals surface area (Å²) in [5.41, 5.74) is 2.38. The lowest BCUT2D eigenvalue weighted by atomic mass is 10.1. The minimum Gasteiger partial charge on any atom is -0.497 e. The Labute approximate surface area is 151 Å². The number of likely N-dealkylation sites (N-methyl/N-ethyl adjacent to an activating group) is 1. The molecule has 0 spiro atoms. The van der Waals surface area contributed by atoms with Crippen LogP contribution in [0.4, 0.5) is 5.82 Å². The van der Waals surface area contributed by atoms with Gasteiger partial charge in [0.05, 0.1) is 12.5 Å². The molecule has 1 saturated heterocycles. The van der Waals surface area contributed by atoms with Crippen LogP contribution in [0.25, 0.3) is 21.3 Å². The summed E-state index contributed by atoms with van der Waals surface area (Å²) in [6.07, 6.45) is 2.85. The predicted molar refractivity (Wildman–Crippen MR) is 104 cm³/mol. The van der Waals surface area contributed by atoms with Crippen LogP contribution in [-0.2, 0) is 0 Å². The van der Waals surface area contributed by atoms with E-state index in [0.717, 1.165) is 49.0 Å². The normalized spacial score (nSPS) is 16.2. The van der Waals surface area contributed by atoms with Crippen LogP contribution in [0.1, 0.15) is 6.42 Å². The summed E-state index contributed by atoms with van der Waals surface area (Å²) in [5.74, 6) is 1.93. The van der Waals surface area contributed by atoms with Gasteiger partial charge in [0, 0.05) is 30.6 Å². The van der Waals surface area contributed by atoms with Gasteiger partial charge in [-0.1, -0.05) is 12.1 Å². The van der Waals surface area contributed by atoms with Crippen molar-refractivity contribution in [1.29, 1.82) is 0 Å². The van der Waals surface area contributed by atoms with E-state index >= 15 is 0 Å². The van der Waals surface area contributed by atoms with Gasteiger partial charge in [-0.3, -0.25) is 0 Å². The number of hydrogen-bond donors (Lipinski definition) is 0. The van der Waals surface area contributed by atoms with Crippen molar-refractivity contribution < 1.29 is 4.74 Å². The van der Waals surface area contributed by atoms with Gasteiger partial charge in [-0.05, 0) is 37.7 Å². The fourth-order valence-corrected chi connectivity index (χ4v) is 4.25. The fourth-order valence-electron chi connectivity index (χ4n) is 3.34. The molecule has 1 aliphatic heterocycles. The van der Waals surface area contributed by atoms with Crippen molar-refractivity contribution in [2.45, 2.75) is 6.42 Å². The lowest BCUT2D eigenvalue weighted by Gasteiger charge is -2.22. The molecule has 6 heteroatoms. The van der Waals surface area contributed by atoms with E-state index in [0.29, 0.717) is 0 Å². The minimum atomic E-state index is 0.871. The molecule has 0 saturated carbocycles. The standard InChI is InChI=1S/C19H22N4OS/c1-22-8-3-9-23(11-10-22)18-17-16(12-25-19(17)21-13-20-18)14-4-6-15(24-2)7-5-14/h4-7,12-13H,3,8-11H2,1-2H3. The predicted octanol–water partition coefficient (Wildman–Crippen LogP) is 3.51. The molecule has 0 atom stereocenters. The molecule has 4 rings (SSSR count). The fraction of sp³-hybridized carbons (Fsp3) is 0.368.